The summed E-state index contributed by atoms with van der Waals surface area (Å²) in [6.07, 6.45) is 0.905. The first-order chi connectivity index (χ1) is 11.8. The van der Waals surface area contributed by atoms with E-state index < -0.39 is 0 Å². The Balaban J connectivity index is 1.54. The van der Waals surface area contributed by atoms with Crippen LogP contribution >= 0.6 is 0 Å². The van der Waals surface area contributed by atoms with E-state index in [2.05, 4.69) is 29.4 Å². The zero-order chi connectivity index (χ0) is 16.8. The Bertz CT molecular complexity index is 809. The summed E-state index contributed by atoms with van der Waals surface area (Å²) in [5.41, 5.74) is 1.93. The van der Waals surface area contributed by atoms with Gasteiger partial charge in [0.05, 0.1) is 0 Å². The second-order valence-electron chi connectivity index (χ2n) is 5.89. The molecule has 1 N–H and O–H groups in total. The summed E-state index contributed by atoms with van der Waals surface area (Å²) in [5, 5.41) is 5.12. The van der Waals surface area contributed by atoms with Crippen LogP contribution in [0.15, 0.2) is 72.8 Å². The Kier molecular flexibility index (Phi) is 5.12. The maximum atomic E-state index is 12.4. The fraction of sp³-hybridized carbons (Fsp3) is 0.190. The second kappa shape index (κ2) is 7.64. The van der Waals surface area contributed by atoms with Gasteiger partial charge in [-0.2, -0.15) is 0 Å². The lowest BCUT2D eigenvalue weighted by Gasteiger charge is -2.19. The quantitative estimate of drug-likeness (QED) is 0.694. The highest BCUT2D eigenvalue weighted by Crippen LogP contribution is 2.18. The number of hydrogen-bond acceptors (Lipinski definition) is 2. The van der Waals surface area contributed by atoms with Gasteiger partial charge in [0.1, 0.15) is 0 Å². The van der Waals surface area contributed by atoms with Gasteiger partial charge in [-0.1, -0.05) is 54.6 Å². The smallest absolute Gasteiger partial charge is 0.251 e. The fourth-order valence-corrected chi connectivity index (χ4v) is 2.85. The number of fused-ring (bicyclic) bond motifs is 1. The number of carbonyl (C=O) groups excluding carboxylic acids is 1. The average molecular weight is 318 g/mol. The van der Waals surface area contributed by atoms with E-state index in [1.807, 2.05) is 60.7 Å². The minimum Gasteiger partial charge on any atom is -0.375 e. The van der Waals surface area contributed by atoms with E-state index in [1.165, 1.54) is 5.69 Å². The molecular weight excluding hydrogens is 296 g/mol. The van der Waals surface area contributed by atoms with E-state index in [1.54, 1.807) is 0 Å². The van der Waals surface area contributed by atoms with Crippen molar-refractivity contribution in [2.75, 3.05) is 25.0 Å². The summed E-state index contributed by atoms with van der Waals surface area (Å²) in [6.45, 7) is 1.57. The molecule has 24 heavy (non-hydrogen) atoms. The lowest BCUT2D eigenvalue weighted by Crippen LogP contribution is -2.28. The summed E-state index contributed by atoms with van der Waals surface area (Å²) in [6, 6.07) is 24.1. The number of carbonyl (C=O) groups is 1. The highest BCUT2D eigenvalue weighted by molar-refractivity contribution is 6.06. The van der Waals surface area contributed by atoms with Gasteiger partial charge in [-0.3, -0.25) is 4.79 Å². The summed E-state index contributed by atoms with van der Waals surface area (Å²) < 4.78 is 0. The van der Waals surface area contributed by atoms with E-state index >= 15 is 0 Å². The number of anilines is 1. The van der Waals surface area contributed by atoms with Gasteiger partial charge in [-0.05, 0) is 35.4 Å². The van der Waals surface area contributed by atoms with Gasteiger partial charge < -0.3 is 10.2 Å². The van der Waals surface area contributed by atoms with Crippen LogP contribution in [0.5, 0.6) is 0 Å². The van der Waals surface area contributed by atoms with E-state index in [0.717, 1.165) is 29.3 Å². The van der Waals surface area contributed by atoms with Crippen LogP contribution in [0.3, 0.4) is 0 Å². The summed E-state index contributed by atoms with van der Waals surface area (Å²) in [7, 11) is 2.07. The molecule has 3 heteroatoms. The third-order valence-electron chi connectivity index (χ3n) is 4.19. The fourth-order valence-electron chi connectivity index (χ4n) is 2.85. The van der Waals surface area contributed by atoms with Crippen LogP contribution in [0.1, 0.15) is 16.8 Å². The SMILES string of the molecule is CN(CCCNC(=O)c1cccc2ccccc12)c1ccccc1. The summed E-state index contributed by atoms with van der Waals surface area (Å²) >= 11 is 0. The predicted octanol–water partition coefficient (Wildman–Crippen LogP) is 4.10. The molecule has 0 unspecified atom stereocenters. The first-order valence-corrected chi connectivity index (χ1v) is 8.28. The number of hydrogen-bond donors (Lipinski definition) is 1. The molecule has 3 rings (SSSR count). The zero-order valence-corrected chi connectivity index (χ0v) is 13.9. The van der Waals surface area contributed by atoms with E-state index in [0.29, 0.717) is 6.54 Å². The van der Waals surface area contributed by atoms with E-state index in [4.69, 9.17) is 0 Å². The van der Waals surface area contributed by atoms with Crippen LogP contribution < -0.4 is 10.2 Å². The van der Waals surface area contributed by atoms with Gasteiger partial charge in [0, 0.05) is 31.4 Å². The zero-order valence-electron chi connectivity index (χ0n) is 13.9. The van der Waals surface area contributed by atoms with Crippen LogP contribution in [0.4, 0.5) is 5.69 Å². The van der Waals surface area contributed by atoms with Crippen LogP contribution in [-0.2, 0) is 0 Å². The maximum absolute atomic E-state index is 12.4. The van der Waals surface area contributed by atoms with Gasteiger partial charge in [0.15, 0.2) is 0 Å². The summed E-state index contributed by atoms with van der Waals surface area (Å²) in [5.74, 6) is -0.00540. The van der Waals surface area contributed by atoms with Gasteiger partial charge in [-0.15, -0.1) is 0 Å². The molecule has 0 heterocycles. The van der Waals surface area contributed by atoms with E-state index in [-0.39, 0.29) is 5.91 Å². The molecule has 0 aliphatic rings. The Morgan fingerprint density at radius 3 is 2.46 bits per heavy atom. The van der Waals surface area contributed by atoms with Gasteiger partial charge >= 0.3 is 0 Å². The van der Waals surface area contributed by atoms with Gasteiger partial charge in [0.2, 0.25) is 0 Å². The van der Waals surface area contributed by atoms with Crippen LogP contribution in [0.2, 0.25) is 0 Å². The Morgan fingerprint density at radius 1 is 0.917 bits per heavy atom. The first kappa shape index (κ1) is 16.1. The molecule has 0 radical (unpaired) electrons. The molecule has 0 bridgehead atoms. The first-order valence-electron chi connectivity index (χ1n) is 8.28. The molecule has 0 atom stereocenters. The molecule has 0 aliphatic heterocycles. The van der Waals surface area contributed by atoms with Crippen molar-refractivity contribution in [1.29, 1.82) is 0 Å². The molecule has 1 amide bonds. The van der Waals surface area contributed by atoms with Crippen molar-refractivity contribution in [2.24, 2.45) is 0 Å². The van der Waals surface area contributed by atoms with Crippen molar-refractivity contribution in [3.05, 3.63) is 78.4 Å². The number of rotatable bonds is 6. The molecule has 122 valence electrons. The molecule has 0 saturated carbocycles. The topological polar surface area (TPSA) is 32.3 Å². The molecule has 3 nitrogen and oxygen atoms in total. The lowest BCUT2D eigenvalue weighted by molar-refractivity contribution is 0.0955. The molecule has 0 spiro atoms. The standard InChI is InChI=1S/C21H22N2O/c1-23(18-11-3-2-4-12-18)16-8-15-22-21(24)20-14-7-10-17-9-5-6-13-19(17)20/h2-7,9-14H,8,15-16H2,1H3,(H,22,24). The monoisotopic (exact) mass is 318 g/mol. The van der Waals surface area contributed by atoms with E-state index in [9.17, 15) is 4.79 Å². The number of nitrogens with zero attached hydrogens (tertiary/aromatic N) is 1. The molecule has 0 fully saturated rings. The Morgan fingerprint density at radius 2 is 1.62 bits per heavy atom. The van der Waals surface area contributed by atoms with Crippen molar-refractivity contribution in [1.82, 2.24) is 5.32 Å². The minimum atomic E-state index is -0.00540. The third kappa shape index (κ3) is 3.74. The van der Waals surface area contributed by atoms with Gasteiger partial charge in [0.25, 0.3) is 5.91 Å². The van der Waals surface area contributed by atoms with Crippen LogP contribution in [0.25, 0.3) is 10.8 Å². The molecule has 0 saturated heterocycles. The minimum absolute atomic E-state index is 0.00540. The van der Waals surface area contributed by atoms with Crippen molar-refractivity contribution in [3.63, 3.8) is 0 Å². The number of amides is 1. The number of benzene rings is 3. The molecule has 0 aromatic heterocycles. The third-order valence-corrected chi connectivity index (χ3v) is 4.19. The van der Waals surface area contributed by atoms with Crippen LogP contribution in [0, 0.1) is 0 Å². The predicted molar refractivity (Wildman–Crippen MR) is 101 cm³/mol. The summed E-state index contributed by atoms with van der Waals surface area (Å²) in [4.78, 5) is 14.6. The van der Waals surface area contributed by atoms with Crippen molar-refractivity contribution in [3.8, 4) is 0 Å². The lowest BCUT2D eigenvalue weighted by atomic mass is 10.0. The molecule has 3 aromatic rings. The van der Waals surface area contributed by atoms with Crippen molar-refractivity contribution in [2.45, 2.75) is 6.42 Å². The largest absolute Gasteiger partial charge is 0.375 e. The molecular formula is C21H22N2O. The normalized spacial score (nSPS) is 10.5. The van der Waals surface area contributed by atoms with Crippen molar-refractivity contribution < 1.29 is 4.79 Å². The average Bonchev–Trinajstić information content (AvgIpc) is 2.65. The van der Waals surface area contributed by atoms with Crippen LogP contribution in [-0.4, -0.2) is 26.0 Å². The maximum Gasteiger partial charge on any atom is 0.251 e. The Labute approximate surface area is 142 Å². The highest BCUT2D eigenvalue weighted by atomic mass is 16.1. The van der Waals surface area contributed by atoms with Gasteiger partial charge in [-0.25, -0.2) is 0 Å². The number of para-hydroxylation sites is 1. The van der Waals surface area contributed by atoms with Crippen molar-refractivity contribution >= 4 is 22.4 Å². The highest BCUT2D eigenvalue weighted by Gasteiger charge is 2.09. The molecule has 3 aromatic carbocycles. The molecule has 0 aliphatic carbocycles. The number of nitrogens with one attached hydrogen (secondary N) is 1. The second-order valence-corrected chi connectivity index (χ2v) is 5.89. The Hall–Kier alpha value is -2.81.